The minimum absolute atomic E-state index is 0.661. The number of nitrogens with zero attached hydrogens (tertiary/aromatic N) is 3. The fraction of sp³-hybridized carbons (Fsp3) is 0.300. The third kappa shape index (κ3) is 2.52. The number of aromatic nitrogens is 4. The lowest BCUT2D eigenvalue weighted by Crippen LogP contribution is -2.04. The lowest BCUT2D eigenvalue weighted by Gasteiger charge is -2.04. The summed E-state index contributed by atoms with van der Waals surface area (Å²) in [4.78, 5) is 8.56. The first-order chi connectivity index (χ1) is 7.24. The van der Waals surface area contributed by atoms with Crippen LogP contribution in [0.3, 0.4) is 0 Å². The summed E-state index contributed by atoms with van der Waals surface area (Å²) in [5, 5.41) is 9.77. The van der Waals surface area contributed by atoms with Gasteiger partial charge in [0.2, 0.25) is 5.95 Å². The van der Waals surface area contributed by atoms with E-state index < -0.39 is 0 Å². The molecule has 5 nitrogen and oxygen atoms in total. The maximum atomic E-state index is 4.28. The molecule has 2 aromatic heterocycles. The van der Waals surface area contributed by atoms with Crippen LogP contribution in [0.1, 0.15) is 17.0 Å². The summed E-state index contributed by atoms with van der Waals surface area (Å²) in [5.41, 5.74) is 3.02. The molecular weight excluding hydrogens is 190 g/mol. The number of hydrogen-bond acceptors (Lipinski definition) is 4. The van der Waals surface area contributed by atoms with Crippen LogP contribution < -0.4 is 5.32 Å². The molecule has 0 aliphatic rings. The summed E-state index contributed by atoms with van der Waals surface area (Å²) in [7, 11) is 0. The second kappa shape index (κ2) is 4.08. The molecule has 2 heterocycles. The van der Waals surface area contributed by atoms with Gasteiger partial charge in [0.05, 0.1) is 6.20 Å². The van der Waals surface area contributed by atoms with Gasteiger partial charge in [0.25, 0.3) is 0 Å². The van der Waals surface area contributed by atoms with E-state index in [9.17, 15) is 0 Å². The number of aromatic amines is 1. The van der Waals surface area contributed by atoms with Gasteiger partial charge in [-0.1, -0.05) is 0 Å². The van der Waals surface area contributed by atoms with Gasteiger partial charge < -0.3 is 5.32 Å². The van der Waals surface area contributed by atoms with Gasteiger partial charge in [-0.15, -0.1) is 0 Å². The van der Waals surface area contributed by atoms with Crippen LogP contribution in [0.4, 0.5) is 5.95 Å². The minimum atomic E-state index is 0.661. The van der Waals surface area contributed by atoms with E-state index in [-0.39, 0.29) is 0 Å². The Morgan fingerprint density at radius 1 is 1.27 bits per heavy atom. The lowest BCUT2D eigenvalue weighted by molar-refractivity contribution is 1.00. The molecule has 0 saturated heterocycles. The van der Waals surface area contributed by atoms with E-state index in [0.717, 1.165) is 17.0 Å². The molecule has 2 N–H and O–H groups in total. The van der Waals surface area contributed by atoms with E-state index in [1.807, 2.05) is 26.1 Å². The van der Waals surface area contributed by atoms with Gasteiger partial charge in [-0.25, -0.2) is 9.97 Å². The molecule has 0 amide bonds. The largest absolute Gasteiger partial charge is 0.350 e. The first kappa shape index (κ1) is 9.64. The van der Waals surface area contributed by atoms with Crippen molar-refractivity contribution in [3.8, 4) is 0 Å². The third-order valence-corrected chi connectivity index (χ3v) is 1.99. The van der Waals surface area contributed by atoms with E-state index in [1.54, 1.807) is 6.20 Å². The van der Waals surface area contributed by atoms with Gasteiger partial charge in [0.15, 0.2) is 0 Å². The smallest absolute Gasteiger partial charge is 0.223 e. The third-order valence-electron chi connectivity index (χ3n) is 1.99. The Morgan fingerprint density at radius 3 is 2.60 bits per heavy atom. The Balaban J connectivity index is 2.05. The van der Waals surface area contributed by atoms with E-state index in [1.165, 1.54) is 0 Å². The number of aryl methyl sites for hydroxylation is 2. The highest BCUT2D eigenvalue weighted by Crippen LogP contribution is 2.05. The number of anilines is 1. The van der Waals surface area contributed by atoms with Crippen LogP contribution in [0.15, 0.2) is 18.5 Å². The molecule has 2 aromatic rings. The van der Waals surface area contributed by atoms with Crippen molar-refractivity contribution < 1.29 is 0 Å². The average Bonchev–Trinajstić information content (AvgIpc) is 2.65. The Morgan fingerprint density at radius 2 is 2.00 bits per heavy atom. The van der Waals surface area contributed by atoms with Gasteiger partial charge in [-0.05, 0) is 19.9 Å². The molecule has 0 saturated carbocycles. The van der Waals surface area contributed by atoms with Crippen LogP contribution in [-0.4, -0.2) is 20.2 Å². The maximum Gasteiger partial charge on any atom is 0.223 e. The van der Waals surface area contributed by atoms with Gasteiger partial charge in [0, 0.05) is 29.7 Å². The quantitative estimate of drug-likeness (QED) is 0.791. The second-order valence-electron chi connectivity index (χ2n) is 3.43. The zero-order valence-electron chi connectivity index (χ0n) is 8.78. The molecule has 2 rings (SSSR count). The Labute approximate surface area is 88.0 Å². The number of nitrogens with one attached hydrogen (secondary N) is 2. The van der Waals surface area contributed by atoms with Crippen LogP contribution in [-0.2, 0) is 6.54 Å². The summed E-state index contributed by atoms with van der Waals surface area (Å²) in [6.45, 7) is 4.59. The predicted molar refractivity (Wildman–Crippen MR) is 57.4 cm³/mol. The normalized spacial score (nSPS) is 10.3. The zero-order valence-corrected chi connectivity index (χ0v) is 8.78. The van der Waals surface area contributed by atoms with E-state index >= 15 is 0 Å². The molecular formula is C10H13N5. The predicted octanol–water partition coefficient (Wildman–Crippen LogP) is 1.43. The number of rotatable bonds is 3. The summed E-state index contributed by atoms with van der Waals surface area (Å²) < 4.78 is 0. The Hall–Kier alpha value is -1.91. The molecule has 0 radical (unpaired) electrons. The molecule has 78 valence electrons. The van der Waals surface area contributed by atoms with Crippen molar-refractivity contribution in [2.45, 2.75) is 20.4 Å². The molecule has 0 unspecified atom stereocenters. The van der Waals surface area contributed by atoms with E-state index in [4.69, 9.17) is 0 Å². The summed E-state index contributed by atoms with van der Waals surface area (Å²) in [6, 6.07) is 1.95. The topological polar surface area (TPSA) is 66.5 Å². The molecule has 5 heteroatoms. The first-order valence-corrected chi connectivity index (χ1v) is 4.78. The highest BCUT2D eigenvalue weighted by molar-refractivity contribution is 5.28. The highest BCUT2D eigenvalue weighted by atomic mass is 15.1. The fourth-order valence-corrected chi connectivity index (χ4v) is 1.36. The second-order valence-corrected chi connectivity index (χ2v) is 3.43. The molecule has 0 spiro atoms. The van der Waals surface area contributed by atoms with Crippen molar-refractivity contribution in [2.75, 3.05) is 5.32 Å². The summed E-state index contributed by atoms with van der Waals surface area (Å²) in [5.74, 6) is 0.661. The number of H-pyrrole nitrogens is 1. The highest BCUT2D eigenvalue weighted by Gasteiger charge is 1.99. The van der Waals surface area contributed by atoms with Crippen LogP contribution in [0.5, 0.6) is 0 Å². The molecule has 0 aromatic carbocycles. The zero-order chi connectivity index (χ0) is 10.7. The fourth-order valence-electron chi connectivity index (χ4n) is 1.36. The van der Waals surface area contributed by atoms with Crippen LogP contribution in [0, 0.1) is 13.8 Å². The monoisotopic (exact) mass is 203 g/mol. The van der Waals surface area contributed by atoms with Gasteiger partial charge >= 0.3 is 0 Å². The Bertz CT molecular complexity index is 415. The average molecular weight is 203 g/mol. The van der Waals surface area contributed by atoms with Crippen LogP contribution in [0.25, 0.3) is 0 Å². The molecule has 0 bridgehead atoms. The van der Waals surface area contributed by atoms with Crippen molar-refractivity contribution in [1.29, 1.82) is 0 Å². The summed E-state index contributed by atoms with van der Waals surface area (Å²) in [6.07, 6.45) is 3.62. The summed E-state index contributed by atoms with van der Waals surface area (Å²) >= 11 is 0. The maximum absolute atomic E-state index is 4.28. The van der Waals surface area contributed by atoms with E-state index in [2.05, 4.69) is 25.5 Å². The number of hydrogen-bond donors (Lipinski definition) is 2. The lowest BCUT2D eigenvalue weighted by atomic mass is 10.3. The molecule has 15 heavy (non-hydrogen) atoms. The Kier molecular flexibility index (Phi) is 2.62. The standard InChI is InChI=1S/C10H13N5/c1-7-3-8(2)15-10(14-7)11-4-9-5-12-13-6-9/h3,5-6H,4H2,1-2H3,(H,12,13)(H,11,14,15). The molecule has 0 fully saturated rings. The van der Waals surface area contributed by atoms with Crippen molar-refractivity contribution in [2.24, 2.45) is 0 Å². The minimum Gasteiger partial charge on any atom is -0.350 e. The van der Waals surface area contributed by atoms with Crippen LogP contribution >= 0.6 is 0 Å². The molecule has 0 atom stereocenters. The SMILES string of the molecule is Cc1cc(C)nc(NCc2cn[nH]c2)n1. The molecule has 0 aliphatic heterocycles. The van der Waals surface area contributed by atoms with Crippen molar-refractivity contribution in [3.05, 3.63) is 35.4 Å². The van der Waals surface area contributed by atoms with Gasteiger partial charge in [-0.2, -0.15) is 5.10 Å². The van der Waals surface area contributed by atoms with Crippen molar-refractivity contribution >= 4 is 5.95 Å². The first-order valence-electron chi connectivity index (χ1n) is 4.78. The van der Waals surface area contributed by atoms with Gasteiger partial charge in [0.1, 0.15) is 0 Å². The van der Waals surface area contributed by atoms with Crippen LogP contribution in [0.2, 0.25) is 0 Å². The van der Waals surface area contributed by atoms with Crippen molar-refractivity contribution in [3.63, 3.8) is 0 Å². The van der Waals surface area contributed by atoms with Gasteiger partial charge in [-0.3, -0.25) is 5.10 Å². The van der Waals surface area contributed by atoms with E-state index in [0.29, 0.717) is 12.5 Å². The molecule has 0 aliphatic carbocycles. The van der Waals surface area contributed by atoms with Crippen molar-refractivity contribution in [1.82, 2.24) is 20.2 Å².